The average molecular weight is 538 g/mol. The van der Waals surface area contributed by atoms with Crippen molar-refractivity contribution in [1.82, 2.24) is 9.80 Å². The summed E-state index contributed by atoms with van der Waals surface area (Å²) in [6.45, 7) is 4.92. The largest absolute Gasteiger partial charge is 0.496 e. The maximum atomic E-state index is 13.7. The number of sulfonamides is 1. The Morgan fingerprint density at radius 1 is 0.947 bits per heavy atom. The van der Waals surface area contributed by atoms with E-state index in [1.54, 1.807) is 55.3 Å². The van der Waals surface area contributed by atoms with Gasteiger partial charge in [-0.1, -0.05) is 24.3 Å². The van der Waals surface area contributed by atoms with Gasteiger partial charge in [-0.05, 0) is 60.5 Å². The molecule has 3 aromatic rings. The number of aryl methyl sites for hydroxylation is 1. The van der Waals surface area contributed by atoms with Gasteiger partial charge in [0.05, 0.1) is 17.7 Å². The third-order valence-corrected chi connectivity index (χ3v) is 8.62. The molecule has 10 heteroatoms. The van der Waals surface area contributed by atoms with E-state index in [1.165, 1.54) is 10.4 Å². The number of benzene rings is 3. The van der Waals surface area contributed by atoms with Crippen molar-refractivity contribution in [2.45, 2.75) is 18.4 Å². The van der Waals surface area contributed by atoms with Crippen LogP contribution in [0.15, 0.2) is 71.6 Å². The standard InChI is InChI=1S/C28H31N3O6S/c1-21-16-24(9-11-25(21)35-2)38(33,34)31(23-6-4-3-5-7-23)19-28(32)30-14-12-29(13-15-30)18-22-8-10-26-27(17-22)37-20-36-26/h3-11,16-17H,12-15,18-20H2,1-2H3. The fourth-order valence-electron chi connectivity index (χ4n) is 4.72. The molecule has 0 atom stereocenters. The van der Waals surface area contributed by atoms with Gasteiger partial charge in [0.25, 0.3) is 10.0 Å². The van der Waals surface area contributed by atoms with Crippen LogP contribution in [-0.4, -0.2) is 70.8 Å². The van der Waals surface area contributed by atoms with E-state index in [1.807, 2.05) is 24.3 Å². The quantitative estimate of drug-likeness (QED) is 0.436. The van der Waals surface area contributed by atoms with Crippen molar-refractivity contribution in [2.75, 3.05) is 50.9 Å². The molecule has 0 unspecified atom stereocenters. The van der Waals surface area contributed by atoms with Crippen LogP contribution in [0.5, 0.6) is 17.2 Å². The molecule has 38 heavy (non-hydrogen) atoms. The second-order valence-corrected chi connectivity index (χ2v) is 11.2. The SMILES string of the molecule is COc1ccc(S(=O)(=O)N(CC(=O)N2CCN(Cc3ccc4c(c3)OCO4)CC2)c2ccccc2)cc1C. The Bertz CT molecular complexity index is 1410. The highest BCUT2D eigenvalue weighted by Crippen LogP contribution is 2.33. The number of carbonyl (C=O) groups is 1. The topological polar surface area (TPSA) is 88.6 Å². The van der Waals surface area contributed by atoms with Gasteiger partial charge in [0.2, 0.25) is 12.7 Å². The summed E-state index contributed by atoms with van der Waals surface area (Å²) in [6, 6.07) is 19.4. The molecule has 5 rings (SSSR count). The molecule has 0 bridgehead atoms. The van der Waals surface area contributed by atoms with Gasteiger partial charge in [-0.25, -0.2) is 8.42 Å². The van der Waals surface area contributed by atoms with E-state index < -0.39 is 10.0 Å². The number of fused-ring (bicyclic) bond motifs is 1. The lowest BCUT2D eigenvalue weighted by Crippen LogP contribution is -2.51. The Balaban J connectivity index is 1.27. The lowest BCUT2D eigenvalue weighted by molar-refractivity contribution is -0.131. The normalized spacial score (nSPS) is 15.4. The van der Waals surface area contributed by atoms with Gasteiger partial charge in [-0.15, -0.1) is 0 Å². The second kappa shape index (κ2) is 10.9. The molecule has 1 saturated heterocycles. The van der Waals surface area contributed by atoms with Crippen molar-refractivity contribution in [2.24, 2.45) is 0 Å². The van der Waals surface area contributed by atoms with Crippen LogP contribution in [0.4, 0.5) is 5.69 Å². The fourth-order valence-corrected chi connectivity index (χ4v) is 6.22. The molecule has 0 saturated carbocycles. The Hall–Kier alpha value is -3.76. The summed E-state index contributed by atoms with van der Waals surface area (Å²) in [5.74, 6) is 1.88. The first-order valence-electron chi connectivity index (χ1n) is 12.5. The van der Waals surface area contributed by atoms with Crippen molar-refractivity contribution < 1.29 is 27.4 Å². The number of methoxy groups -OCH3 is 1. The van der Waals surface area contributed by atoms with Crippen LogP contribution in [0, 0.1) is 6.92 Å². The van der Waals surface area contributed by atoms with Gasteiger partial charge < -0.3 is 19.1 Å². The van der Waals surface area contributed by atoms with Crippen LogP contribution in [0.25, 0.3) is 0 Å². The highest BCUT2D eigenvalue weighted by atomic mass is 32.2. The van der Waals surface area contributed by atoms with Crippen LogP contribution in [0.2, 0.25) is 0 Å². The zero-order chi connectivity index (χ0) is 26.7. The van der Waals surface area contributed by atoms with Crippen molar-refractivity contribution in [3.63, 3.8) is 0 Å². The number of anilines is 1. The predicted octanol–water partition coefficient (Wildman–Crippen LogP) is 3.27. The molecule has 2 aliphatic rings. The van der Waals surface area contributed by atoms with Crippen LogP contribution >= 0.6 is 0 Å². The van der Waals surface area contributed by atoms with Gasteiger partial charge >= 0.3 is 0 Å². The molecule has 3 aromatic carbocycles. The van der Waals surface area contributed by atoms with E-state index in [0.717, 1.165) is 23.6 Å². The number of nitrogens with zero attached hydrogens (tertiary/aromatic N) is 3. The van der Waals surface area contributed by atoms with E-state index in [0.29, 0.717) is 43.2 Å². The summed E-state index contributed by atoms with van der Waals surface area (Å²) in [5, 5.41) is 0. The lowest BCUT2D eigenvalue weighted by atomic mass is 10.1. The van der Waals surface area contributed by atoms with Crippen LogP contribution < -0.4 is 18.5 Å². The highest BCUT2D eigenvalue weighted by Gasteiger charge is 2.30. The Morgan fingerprint density at radius 3 is 2.39 bits per heavy atom. The molecular formula is C28H31N3O6S. The summed E-state index contributed by atoms with van der Waals surface area (Å²) in [5.41, 5.74) is 2.26. The minimum atomic E-state index is -3.99. The van der Waals surface area contributed by atoms with Gasteiger partial charge in [0.15, 0.2) is 11.5 Å². The molecular weight excluding hydrogens is 506 g/mol. The fraction of sp³-hybridized carbons (Fsp3) is 0.321. The minimum Gasteiger partial charge on any atom is -0.496 e. The number of hydrogen-bond acceptors (Lipinski definition) is 7. The monoisotopic (exact) mass is 537 g/mol. The third-order valence-electron chi connectivity index (χ3n) is 6.85. The van der Waals surface area contributed by atoms with E-state index >= 15 is 0 Å². The molecule has 0 radical (unpaired) electrons. The van der Waals surface area contributed by atoms with E-state index in [-0.39, 0.29) is 24.1 Å². The first kappa shape index (κ1) is 25.9. The maximum absolute atomic E-state index is 13.7. The van der Waals surface area contributed by atoms with Gasteiger partial charge in [0, 0.05) is 32.7 Å². The van der Waals surface area contributed by atoms with Crippen LogP contribution in [0.1, 0.15) is 11.1 Å². The number of piperazine rings is 1. The molecule has 9 nitrogen and oxygen atoms in total. The smallest absolute Gasteiger partial charge is 0.264 e. The number of para-hydroxylation sites is 1. The minimum absolute atomic E-state index is 0.112. The molecule has 200 valence electrons. The number of amides is 1. The van der Waals surface area contributed by atoms with Crippen LogP contribution in [-0.2, 0) is 21.4 Å². The molecule has 0 aliphatic carbocycles. The molecule has 0 N–H and O–H groups in total. The van der Waals surface area contributed by atoms with Gasteiger partial charge in [0.1, 0.15) is 12.3 Å². The number of carbonyl (C=O) groups excluding carboxylic acids is 1. The van der Waals surface area contributed by atoms with Crippen molar-refractivity contribution in [3.8, 4) is 17.2 Å². The Kier molecular flexibility index (Phi) is 7.44. The summed E-state index contributed by atoms with van der Waals surface area (Å²) in [7, 11) is -2.45. The molecule has 1 amide bonds. The first-order chi connectivity index (χ1) is 18.3. The second-order valence-electron chi connectivity index (χ2n) is 9.32. The number of hydrogen-bond donors (Lipinski definition) is 0. The van der Waals surface area contributed by atoms with E-state index in [9.17, 15) is 13.2 Å². The van der Waals surface area contributed by atoms with Gasteiger partial charge in [-0.2, -0.15) is 0 Å². The van der Waals surface area contributed by atoms with E-state index in [4.69, 9.17) is 14.2 Å². The highest BCUT2D eigenvalue weighted by molar-refractivity contribution is 7.92. The molecule has 2 heterocycles. The summed E-state index contributed by atoms with van der Waals surface area (Å²) in [6.07, 6.45) is 0. The zero-order valence-corrected chi connectivity index (χ0v) is 22.3. The Labute approximate surface area is 223 Å². The number of ether oxygens (including phenoxy) is 3. The van der Waals surface area contributed by atoms with Crippen LogP contribution in [0.3, 0.4) is 0 Å². The maximum Gasteiger partial charge on any atom is 0.264 e. The predicted molar refractivity (Wildman–Crippen MR) is 143 cm³/mol. The summed E-state index contributed by atoms with van der Waals surface area (Å²) >= 11 is 0. The third kappa shape index (κ3) is 5.41. The van der Waals surface area contributed by atoms with Crippen molar-refractivity contribution in [3.05, 3.63) is 77.9 Å². The first-order valence-corrected chi connectivity index (χ1v) is 13.9. The van der Waals surface area contributed by atoms with E-state index in [2.05, 4.69) is 4.90 Å². The zero-order valence-electron chi connectivity index (χ0n) is 21.5. The van der Waals surface area contributed by atoms with Crippen molar-refractivity contribution in [1.29, 1.82) is 0 Å². The molecule has 1 fully saturated rings. The Morgan fingerprint density at radius 2 is 1.68 bits per heavy atom. The average Bonchev–Trinajstić information content (AvgIpc) is 3.40. The summed E-state index contributed by atoms with van der Waals surface area (Å²) < 4.78 is 44.8. The van der Waals surface area contributed by atoms with Gasteiger partial charge in [-0.3, -0.25) is 14.0 Å². The molecule has 0 aromatic heterocycles. The molecule has 0 spiro atoms. The summed E-state index contributed by atoms with van der Waals surface area (Å²) in [4.78, 5) is 17.5. The molecule has 2 aliphatic heterocycles. The number of rotatable bonds is 8. The van der Waals surface area contributed by atoms with Crippen molar-refractivity contribution >= 4 is 21.6 Å². The lowest BCUT2D eigenvalue weighted by Gasteiger charge is -2.36.